The van der Waals surface area contributed by atoms with Gasteiger partial charge >= 0.3 is 6.18 Å². The predicted octanol–water partition coefficient (Wildman–Crippen LogP) is 4.83. The third-order valence-electron chi connectivity index (χ3n) is 4.40. The first-order valence-electron chi connectivity index (χ1n) is 7.27. The van der Waals surface area contributed by atoms with Gasteiger partial charge in [0.15, 0.2) is 0 Å². The van der Waals surface area contributed by atoms with Crippen LogP contribution in [0, 0.1) is 5.41 Å². The van der Waals surface area contributed by atoms with Crippen molar-refractivity contribution >= 4 is 11.8 Å². The number of alkyl halides is 3. The van der Waals surface area contributed by atoms with E-state index in [2.05, 4.69) is 26.1 Å². The molecule has 118 valence electrons. The van der Waals surface area contributed by atoms with Crippen LogP contribution in [0.5, 0.6) is 0 Å². The molecule has 0 spiro atoms. The zero-order chi connectivity index (χ0) is 15.7. The largest absolute Gasteiger partial charge is 0.398 e. The van der Waals surface area contributed by atoms with Crippen LogP contribution in [0.2, 0.25) is 0 Å². The van der Waals surface area contributed by atoms with Crippen molar-refractivity contribution in [1.29, 1.82) is 0 Å². The van der Waals surface area contributed by atoms with Gasteiger partial charge in [0.05, 0.1) is 5.75 Å². The Bertz CT molecular complexity index is 467. The van der Waals surface area contributed by atoms with Gasteiger partial charge < -0.3 is 5.32 Å². The maximum atomic E-state index is 12.2. The minimum atomic E-state index is -4.11. The van der Waals surface area contributed by atoms with Gasteiger partial charge in [-0.3, -0.25) is 0 Å². The van der Waals surface area contributed by atoms with E-state index in [4.69, 9.17) is 0 Å². The van der Waals surface area contributed by atoms with Gasteiger partial charge in [0.25, 0.3) is 0 Å². The molecule has 0 heterocycles. The van der Waals surface area contributed by atoms with E-state index >= 15 is 0 Å². The summed E-state index contributed by atoms with van der Waals surface area (Å²) in [5.74, 6) is -0.354. The lowest BCUT2D eigenvalue weighted by Gasteiger charge is -2.53. The smallest absolute Gasteiger partial charge is 0.314 e. The van der Waals surface area contributed by atoms with Crippen LogP contribution in [0.4, 0.5) is 13.2 Å². The maximum absolute atomic E-state index is 12.2. The number of halogens is 3. The molecule has 0 saturated heterocycles. The molecule has 1 aromatic carbocycles. The van der Waals surface area contributed by atoms with Gasteiger partial charge in [0.1, 0.15) is 0 Å². The molecule has 2 atom stereocenters. The molecule has 2 rings (SSSR count). The van der Waals surface area contributed by atoms with Crippen LogP contribution in [-0.2, 0) is 0 Å². The van der Waals surface area contributed by atoms with Crippen LogP contribution in [0.15, 0.2) is 29.2 Å². The third-order valence-corrected chi connectivity index (χ3v) is 5.48. The third kappa shape index (κ3) is 3.95. The average Bonchev–Trinajstić information content (AvgIpc) is 2.41. The molecule has 1 nitrogen and oxygen atoms in total. The molecule has 0 aliphatic heterocycles. The lowest BCUT2D eigenvalue weighted by atomic mass is 9.56. The Kier molecular flexibility index (Phi) is 4.93. The molecule has 0 radical (unpaired) electrons. The molecule has 1 aromatic rings. The van der Waals surface area contributed by atoms with Crippen LogP contribution in [0.1, 0.15) is 38.7 Å². The van der Waals surface area contributed by atoms with Crippen LogP contribution in [0.3, 0.4) is 0 Å². The summed E-state index contributed by atoms with van der Waals surface area (Å²) < 4.78 is 36.6. The standard InChI is InChI=1S/C16H22F3NS/c1-4-20-14-9-13(15(14,2)3)11-5-7-12(8-6-11)21-10-16(17,18)19/h5-8,13-14,20H,4,9-10H2,1-3H3. The van der Waals surface area contributed by atoms with Gasteiger partial charge in [-0.1, -0.05) is 32.9 Å². The SMILES string of the molecule is CCNC1CC(c2ccc(SCC(F)(F)F)cc2)C1(C)C. The van der Waals surface area contributed by atoms with Gasteiger partial charge in [0.2, 0.25) is 0 Å². The molecule has 0 aromatic heterocycles. The van der Waals surface area contributed by atoms with Gasteiger partial charge in [-0.25, -0.2) is 0 Å². The summed E-state index contributed by atoms with van der Waals surface area (Å²) in [6, 6.07) is 8.09. The molecule has 21 heavy (non-hydrogen) atoms. The van der Waals surface area contributed by atoms with Crippen molar-refractivity contribution in [3.05, 3.63) is 29.8 Å². The minimum absolute atomic E-state index is 0.191. The van der Waals surface area contributed by atoms with E-state index in [0.29, 0.717) is 16.9 Å². The van der Waals surface area contributed by atoms with Crippen molar-refractivity contribution in [3.63, 3.8) is 0 Å². The summed E-state index contributed by atoms with van der Waals surface area (Å²) in [5, 5.41) is 3.49. The van der Waals surface area contributed by atoms with Crippen LogP contribution in [0.25, 0.3) is 0 Å². The highest BCUT2D eigenvalue weighted by Crippen LogP contribution is 2.52. The second kappa shape index (κ2) is 6.21. The molecule has 1 saturated carbocycles. The van der Waals surface area contributed by atoms with E-state index in [1.165, 1.54) is 5.56 Å². The highest BCUT2D eigenvalue weighted by molar-refractivity contribution is 7.99. The highest BCUT2D eigenvalue weighted by atomic mass is 32.2. The number of nitrogens with one attached hydrogen (secondary N) is 1. The summed E-state index contributed by atoms with van der Waals surface area (Å²) in [6.45, 7) is 7.57. The lowest BCUT2D eigenvalue weighted by Crippen LogP contribution is -2.55. The monoisotopic (exact) mass is 317 g/mol. The molecule has 2 unspecified atom stereocenters. The van der Waals surface area contributed by atoms with Crippen LogP contribution in [-0.4, -0.2) is 24.5 Å². The Morgan fingerprint density at radius 3 is 2.33 bits per heavy atom. The summed E-state index contributed by atoms with van der Waals surface area (Å²) in [4.78, 5) is 0.677. The van der Waals surface area contributed by atoms with Gasteiger partial charge in [-0.05, 0) is 42.0 Å². The minimum Gasteiger partial charge on any atom is -0.314 e. The van der Waals surface area contributed by atoms with E-state index in [9.17, 15) is 13.2 Å². The first-order chi connectivity index (χ1) is 9.74. The first-order valence-corrected chi connectivity index (χ1v) is 8.25. The number of hydrogen-bond acceptors (Lipinski definition) is 2. The van der Waals surface area contributed by atoms with E-state index in [-0.39, 0.29) is 5.41 Å². The van der Waals surface area contributed by atoms with Crippen molar-refractivity contribution in [2.24, 2.45) is 5.41 Å². The second-order valence-corrected chi connectivity index (χ2v) is 7.24. The molecule has 1 N–H and O–H groups in total. The Balaban J connectivity index is 1.97. The molecule has 5 heteroatoms. The fourth-order valence-corrected chi connectivity index (χ4v) is 3.70. The van der Waals surface area contributed by atoms with Crippen molar-refractivity contribution in [1.82, 2.24) is 5.32 Å². The van der Waals surface area contributed by atoms with E-state index < -0.39 is 11.9 Å². The predicted molar refractivity (Wildman–Crippen MR) is 81.8 cm³/mol. The molecule has 1 fully saturated rings. The Morgan fingerprint density at radius 2 is 1.86 bits per heavy atom. The van der Waals surface area contributed by atoms with Crippen LogP contribution >= 0.6 is 11.8 Å². The molecule has 1 aliphatic rings. The van der Waals surface area contributed by atoms with Crippen molar-refractivity contribution in [2.75, 3.05) is 12.3 Å². The fourth-order valence-electron chi connectivity index (χ4n) is 3.05. The summed E-state index contributed by atoms with van der Waals surface area (Å²) >= 11 is 0.845. The molecular weight excluding hydrogens is 295 g/mol. The summed E-state index contributed by atoms with van der Waals surface area (Å²) in [5.41, 5.74) is 1.42. The van der Waals surface area contributed by atoms with Gasteiger partial charge in [-0.2, -0.15) is 13.2 Å². The highest BCUT2D eigenvalue weighted by Gasteiger charge is 2.47. The Labute approximate surface area is 128 Å². The van der Waals surface area contributed by atoms with E-state index in [1.807, 2.05) is 24.3 Å². The molecule has 0 amide bonds. The topological polar surface area (TPSA) is 12.0 Å². The second-order valence-electron chi connectivity index (χ2n) is 6.19. The summed E-state index contributed by atoms with van der Waals surface area (Å²) in [6.07, 6.45) is -3.02. The summed E-state index contributed by atoms with van der Waals surface area (Å²) in [7, 11) is 0. The lowest BCUT2D eigenvalue weighted by molar-refractivity contribution is -0.105. The normalized spacial score (nSPS) is 24.7. The number of hydrogen-bond donors (Lipinski definition) is 1. The number of rotatable bonds is 5. The van der Waals surface area contributed by atoms with Crippen molar-refractivity contribution < 1.29 is 13.2 Å². The van der Waals surface area contributed by atoms with Gasteiger partial charge in [0, 0.05) is 10.9 Å². The van der Waals surface area contributed by atoms with Crippen molar-refractivity contribution in [2.45, 2.75) is 50.2 Å². The molecular formula is C16H22F3NS. The average molecular weight is 317 g/mol. The molecule has 1 aliphatic carbocycles. The van der Waals surface area contributed by atoms with Crippen molar-refractivity contribution in [3.8, 4) is 0 Å². The quantitative estimate of drug-likeness (QED) is 0.780. The van der Waals surface area contributed by atoms with Crippen LogP contribution < -0.4 is 5.32 Å². The van der Waals surface area contributed by atoms with Gasteiger partial charge in [-0.15, -0.1) is 11.8 Å². The van der Waals surface area contributed by atoms with E-state index in [1.54, 1.807) is 0 Å². The van der Waals surface area contributed by atoms with E-state index in [0.717, 1.165) is 24.7 Å². The number of benzene rings is 1. The Morgan fingerprint density at radius 1 is 1.24 bits per heavy atom. The fraction of sp³-hybridized carbons (Fsp3) is 0.625. The zero-order valence-corrected chi connectivity index (χ0v) is 13.4. The molecule has 0 bridgehead atoms. The zero-order valence-electron chi connectivity index (χ0n) is 12.6. The number of thioether (sulfide) groups is 1. The Hall–Kier alpha value is -0.680. The maximum Gasteiger partial charge on any atom is 0.398 e. The first kappa shape index (κ1) is 16.7.